The molecule has 1 aromatic heterocycles. The summed E-state index contributed by atoms with van der Waals surface area (Å²) in [6.45, 7) is 0. The maximum atomic E-state index is 12.8. The Hall–Kier alpha value is -2.14. The van der Waals surface area contributed by atoms with E-state index in [4.69, 9.17) is 5.73 Å². The summed E-state index contributed by atoms with van der Waals surface area (Å²) < 4.78 is 1.77. The van der Waals surface area contributed by atoms with Gasteiger partial charge < -0.3 is 11.1 Å². The van der Waals surface area contributed by atoms with Crippen LogP contribution in [0.1, 0.15) is 42.5 Å². The van der Waals surface area contributed by atoms with Crippen molar-refractivity contribution in [2.75, 3.05) is 0 Å². The van der Waals surface area contributed by atoms with Crippen LogP contribution < -0.4 is 11.1 Å². The summed E-state index contributed by atoms with van der Waals surface area (Å²) in [4.78, 5) is 12.8. The van der Waals surface area contributed by atoms with Crippen molar-refractivity contribution in [2.24, 2.45) is 17.6 Å². The second kappa shape index (κ2) is 6.40. The number of carbonyl (C=O) groups excluding carboxylic acids is 1. The van der Waals surface area contributed by atoms with E-state index in [0.29, 0.717) is 23.4 Å². The van der Waals surface area contributed by atoms with Gasteiger partial charge in [0.1, 0.15) is 0 Å². The molecule has 1 aromatic carbocycles. The Morgan fingerprint density at radius 3 is 2.71 bits per heavy atom. The van der Waals surface area contributed by atoms with Gasteiger partial charge in [-0.15, -0.1) is 0 Å². The minimum Gasteiger partial charge on any atom is -0.349 e. The molecule has 2 fully saturated rings. The number of amides is 1. The van der Waals surface area contributed by atoms with Crippen LogP contribution in [0.15, 0.2) is 42.7 Å². The molecule has 2 atom stereocenters. The zero-order chi connectivity index (χ0) is 16.5. The van der Waals surface area contributed by atoms with Crippen LogP contribution in [0.5, 0.6) is 0 Å². The average Bonchev–Trinajstić information content (AvgIpc) is 3.10. The van der Waals surface area contributed by atoms with Crippen LogP contribution in [0, 0.1) is 11.8 Å². The van der Waals surface area contributed by atoms with E-state index >= 15 is 0 Å². The lowest BCUT2D eigenvalue weighted by molar-refractivity contribution is 0.0756. The number of hydrogen-bond donors (Lipinski definition) is 2. The highest BCUT2D eigenvalue weighted by atomic mass is 16.1. The van der Waals surface area contributed by atoms with Gasteiger partial charge in [-0.1, -0.05) is 12.5 Å². The van der Waals surface area contributed by atoms with Gasteiger partial charge in [0.25, 0.3) is 5.91 Å². The van der Waals surface area contributed by atoms with Crippen molar-refractivity contribution in [3.63, 3.8) is 0 Å². The fraction of sp³-hybridized carbons (Fsp3) is 0.474. The first-order chi connectivity index (χ1) is 11.7. The number of carbonyl (C=O) groups is 1. The van der Waals surface area contributed by atoms with Gasteiger partial charge in [-0.25, -0.2) is 4.68 Å². The monoisotopic (exact) mass is 324 g/mol. The van der Waals surface area contributed by atoms with E-state index in [0.717, 1.165) is 18.5 Å². The van der Waals surface area contributed by atoms with Crippen LogP contribution in [0.4, 0.5) is 0 Å². The molecule has 2 aromatic rings. The molecule has 2 aliphatic rings. The molecule has 3 N–H and O–H groups in total. The summed E-state index contributed by atoms with van der Waals surface area (Å²) in [5, 5.41) is 7.53. The number of nitrogens with zero attached hydrogens (tertiary/aromatic N) is 2. The number of nitrogens with two attached hydrogens (primary N) is 1. The lowest BCUT2D eigenvalue weighted by atomic mass is 9.67. The summed E-state index contributed by atoms with van der Waals surface area (Å²) >= 11 is 0. The number of aromatic nitrogens is 2. The van der Waals surface area contributed by atoms with Crippen LogP contribution in [-0.2, 0) is 0 Å². The fourth-order valence-corrected chi connectivity index (χ4v) is 4.47. The average molecular weight is 324 g/mol. The van der Waals surface area contributed by atoms with Crippen LogP contribution in [-0.4, -0.2) is 27.8 Å². The van der Waals surface area contributed by atoms with Crippen LogP contribution >= 0.6 is 0 Å². The van der Waals surface area contributed by atoms with E-state index in [9.17, 15) is 4.79 Å². The van der Waals surface area contributed by atoms with Gasteiger partial charge in [0.15, 0.2) is 0 Å². The summed E-state index contributed by atoms with van der Waals surface area (Å²) in [6, 6.07) is 10.1. The van der Waals surface area contributed by atoms with Crippen LogP contribution in [0.2, 0.25) is 0 Å². The maximum Gasteiger partial charge on any atom is 0.251 e. The van der Waals surface area contributed by atoms with Crippen molar-refractivity contribution in [2.45, 2.75) is 44.2 Å². The summed E-state index contributed by atoms with van der Waals surface area (Å²) in [5.74, 6) is 1.08. The Balaban J connectivity index is 1.51. The molecule has 2 aliphatic carbocycles. The van der Waals surface area contributed by atoms with E-state index in [1.54, 1.807) is 10.9 Å². The zero-order valence-electron chi connectivity index (χ0n) is 13.8. The molecule has 126 valence electrons. The SMILES string of the molecule is NC1CC2CCCC(C1)C2NC(=O)c1cccc(-n2cccn2)c1. The molecule has 0 radical (unpaired) electrons. The molecule has 0 aliphatic heterocycles. The van der Waals surface area contributed by atoms with Crippen LogP contribution in [0.3, 0.4) is 0 Å². The van der Waals surface area contributed by atoms with E-state index in [2.05, 4.69) is 10.4 Å². The van der Waals surface area contributed by atoms with Gasteiger partial charge >= 0.3 is 0 Å². The normalized spacial score (nSPS) is 29.2. The summed E-state index contributed by atoms with van der Waals surface area (Å²) in [7, 11) is 0. The minimum absolute atomic E-state index is 0.0152. The molecule has 2 unspecified atom stereocenters. The topological polar surface area (TPSA) is 72.9 Å². The van der Waals surface area contributed by atoms with Gasteiger partial charge in [-0.05, 0) is 61.8 Å². The minimum atomic E-state index is 0.0152. The standard InChI is InChI=1S/C19H24N4O/c20-16-10-13-4-1-5-14(11-16)18(13)22-19(24)15-6-2-7-17(12-15)23-9-3-8-21-23/h2-3,6-9,12-14,16,18H,1,4-5,10-11,20H2,(H,22,24). The number of nitrogens with one attached hydrogen (secondary N) is 1. The largest absolute Gasteiger partial charge is 0.349 e. The van der Waals surface area contributed by atoms with Crippen molar-refractivity contribution < 1.29 is 4.79 Å². The predicted octanol–water partition coefficient (Wildman–Crippen LogP) is 2.51. The highest BCUT2D eigenvalue weighted by molar-refractivity contribution is 5.95. The first-order valence-corrected chi connectivity index (χ1v) is 8.87. The van der Waals surface area contributed by atoms with E-state index in [-0.39, 0.29) is 11.9 Å². The van der Waals surface area contributed by atoms with Crippen molar-refractivity contribution >= 4 is 5.91 Å². The number of hydrogen-bond acceptors (Lipinski definition) is 3. The highest BCUT2D eigenvalue weighted by Gasteiger charge is 2.39. The lowest BCUT2D eigenvalue weighted by Gasteiger charge is -2.45. The Labute approximate surface area is 142 Å². The molecule has 5 heteroatoms. The molecule has 0 saturated heterocycles. The first kappa shape index (κ1) is 15.4. The summed E-state index contributed by atoms with van der Waals surface area (Å²) in [6.07, 6.45) is 9.32. The third kappa shape index (κ3) is 2.96. The Morgan fingerprint density at radius 1 is 1.21 bits per heavy atom. The molecule has 2 saturated carbocycles. The van der Waals surface area contributed by atoms with E-state index < -0.39 is 0 Å². The maximum absolute atomic E-state index is 12.8. The van der Waals surface area contributed by atoms with Gasteiger partial charge in [-0.3, -0.25) is 4.79 Å². The molecule has 5 nitrogen and oxygen atoms in total. The molecule has 4 rings (SSSR count). The first-order valence-electron chi connectivity index (χ1n) is 8.87. The predicted molar refractivity (Wildman–Crippen MR) is 92.9 cm³/mol. The zero-order valence-corrected chi connectivity index (χ0v) is 13.8. The molecule has 0 spiro atoms. The Kier molecular flexibility index (Phi) is 4.10. The molecule has 1 amide bonds. The van der Waals surface area contributed by atoms with Gasteiger partial charge in [-0.2, -0.15) is 5.10 Å². The quantitative estimate of drug-likeness (QED) is 0.911. The van der Waals surface area contributed by atoms with Gasteiger partial charge in [0.05, 0.1) is 5.69 Å². The van der Waals surface area contributed by atoms with Crippen molar-refractivity contribution in [1.82, 2.24) is 15.1 Å². The molecule has 2 bridgehead atoms. The Bertz CT molecular complexity index is 698. The smallest absolute Gasteiger partial charge is 0.251 e. The van der Waals surface area contributed by atoms with Gasteiger partial charge in [0, 0.05) is 30.0 Å². The molecule has 1 heterocycles. The molecular formula is C19H24N4O. The van der Waals surface area contributed by atoms with Gasteiger partial charge in [0.2, 0.25) is 0 Å². The second-order valence-corrected chi connectivity index (χ2v) is 7.18. The lowest BCUT2D eigenvalue weighted by Crippen LogP contribution is -2.53. The third-order valence-corrected chi connectivity index (χ3v) is 5.55. The van der Waals surface area contributed by atoms with Crippen LogP contribution in [0.25, 0.3) is 5.69 Å². The fourth-order valence-electron chi connectivity index (χ4n) is 4.47. The second-order valence-electron chi connectivity index (χ2n) is 7.18. The van der Waals surface area contributed by atoms with Crippen molar-refractivity contribution in [3.05, 3.63) is 48.3 Å². The molecular weight excluding hydrogens is 300 g/mol. The third-order valence-electron chi connectivity index (χ3n) is 5.55. The van der Waals surface area contributed by atoms with Crippen molar-refractivity contribution in [3.8, 4) is 5.69 Å². The van der Waals surface area contributed by atoms with Crippen molar-refractivity contribution in [1.29, 1.82) is 0 Å². The molecule has 24 heavy (non-hydrogen) atoms. The number of fused-ring (bicyclic) bond motifs is 2. The highest BCUT2D eigenvalue weighted by Crippen LogP contribution is 2.39. The summed E-state index contributed by atoms with van der Waals surface area (Å²) in [5.41, 5.74) is 7.77. The number of rotatable bonds is 3. The number of benzene rings is 1. The van der Waals surface area contributed by atoms with E-state index in [1.807, 2.05) is 36.5 Å². The van der Waals surface area contributed by atoms with E-state index in [1.165, 1.54) is 19.3 Å². The Morgan fingerprint density at radius 2 is 2.00 bits per heavy atom.